The summed E-state index contributed by atoms with van der Waals surface area (Å²) in [5, 5.41) is 9.67. The van der Waals surface area contributed by atoms with Gasteiger partial charge in [0.25, 0.3) is 6.29 Å². The van der Waals surface area contributed by atoms with Crippen molar-refractivity contribution >= 4 is 17.9 Å². The highest BCUT2D eigenvalue weighted by Crippen LogP contribution is 2.16. The van der Waals surface area contributed by atoms with Crippen molar-refractivity contribution in [1.82, 2.24) is 0 Å². The average Bonchev–Trinajstić information content (AvgIpc) is 3.23. The van der Waals surface area contributed by atoms with Crippen molar-refractivity contribution in [3.05, 3.63) is 12.2 Å². The van der Waals surface area contributed by atoms with Gasteiger partial charge in [-0.3, -0.25) is 9.59 Å². The topological polar surface area (TPSA) is 108 Å². The number of allylic oxidation sites excluding steroid dienone is 2. The first kappa shape index (κ1) is 60.0. The van der Waals surface area contributed by atoms with Crippen LogP contribution in [0.5, 0.6) is 0 Å². The van der Waals surface area contributed by atoms with Gasteiger partial charge in [0.15, 0.2) is 6.10 Å². The SMILES string of the molecule is CCCCCCCC/C=C\CCCCCCCCCCCC(=O)OC(COC(=O)CCCCCCCCCCCCCCCCCCCC)COC(OCC[N+](C)(C)C)C(=O)O. The summed E-state index contributed by atoms with van der Waals surface area (Å²) < 4.78 is 22.8. The Labute approximate surface area is 383 Å². The lowest BCUT2D eigenvalue weighted by Gasteiger charge is -2.25. The van der Waals surface area contributed by atoms with Crippen molar-refractivity contribution in [3.8, 4) is 0 Å². The molecule has 0 spiro atoms. The second kappa shape index (κ2) is 45.6. The Balaban J connectivity index is 4.30. The molecular formula is C53H102NO8+. The van der Waals surface area contributed by atoms with Crippen molar-refractivity contribution in [2.45, 2.75) is 264 Å². The number of quaternary nitrogens is 1. The van der Waals surface area contributed by atoms with E-state index in [9.17, 15) is 19.5 Å². The monoisotopic (exact) mass is 881 g/mol. The fourth-order valence-corrected chi connectivity index (χ4v) is 7.66. The minimum absolute atomic E-state index is 0.176. The van der Waals surface area contributed by atoms with E-state index in [0.717, 1.165) is 38.5 Å². The molecule has 0 saturated heterocycles. The first-order chi connectivity index (χ1) is 30.1. The normalized spacial score (nSPS) is 12.9. The van der Waals surface area contributed by atoms with E-state index in [2.05, 4.69) is 26.0 Å². The number of ether oxygens (including phenoxy) is 4. The minimum atomic E-state index is -1.50. The Kier molecular flexibility index (Phi) is 44.1. The van der Waals surface area contributed by atoms with E-state index in [0.29, 0.717) is 17.4 Å². The van der Waals surface area contributed by atoms with Crippen LogP contribution in [0, 0.1) is 0 Å². The van der Waals surface area contributed by atoms with Crippen LogP contribution in [0.25, 0.3) is 0 Å². The number of carbonyl (C=O) groups is 3. The van der Waals surface area contributed by atoms with Gasteiger partial charge in [-0.25, -0.2) is 4.79 Å². The molecule has 2 unspecified atom stereocenters. The molecule has 9 heteroatoms. The summed E-state index contributed by atoms with van der Waals surface area (Å²) in [6.07, 6.45) is 47.0. The molecule has 62 heavy (non-hydrogen) atoms. The molecule has 0 radical (unpaired) electrons. The Hall–Kier alpha value is -1.97. The van der Waals surface area contributed by atoms with Crippen molar-refractivity contribution < 1.29 is 42.9 Å². The predicted octanol–water partition coefficient (Wildman–Crippen LogP) is 14.6. The highest BCUT2D eigenvalue weighted by molar-refractivity contribution is 5.71. The van der Waals surface area contributed by atoms with Crippen LogP contribution < -0.4 is 0 Å². The molecule has 366 valence electrons. The molecule has 2 atom stereocenters. The van der Waals surface area contributed by atoms with Crippen molar-refractivity contribution in [3.63, 3.8) is 0 Å². The number of aliphatic carboxylic acids is 1. The first-order valence-corrected chi connectivity index (χ1v) is 26.4. The molecule has 1 N–H and O–H groups in total. The fourth-order valence-electron chi connectivity index (χ4n) is 7.66. The third-order valence-electron chi connectivity index (χ3n) is 11.8. The van der Waals surface area contributed by atoms with Gasteiger partial charge in [-0.2, -0.15) is 0 Å². The smallest absolute Gasteiger partial charge is 0.361 e. The van der Waals surface area contributed by atoms with E-state index in [-0.39, 0.29) is 32.2 Å². The number of hydrogen-bond acceptors (Lipinski definition) is 7. The van der Waals surface area contributed by atoms with Crippen molar-refractivity contribution in [2.75, 3.05) is 47.5 Å². The summed E-state index contributed by atoms with van der Waals surface area (Å²) >= 11 is 0. The zero-order chi connectivity index (χ0) is 45.6. The number of carboxylic acid groups (broad SMARTS) is 1. The molecule has 9 nitrogen and oxygen atoms in total. The molecule has 0 fully saturated rings. The van der Waals surface area contributed by atoms with Crippen molar-refractivity contribution in [2.24, 2.45) is 0 Å². The van der Waals surface area contributed by atoms with Crippen molar-refractivity contribution in [1.29, 1.82) is 0 Å². The number of hydrogen-bond donors (Lipinski definition) is 1. The molecule has 0 amide bonds. The Morgan fingerprint density at radius 1 is 0.468 bits per heavy atom. The standard InChI is InChI=1S/C53H101NO8/c1-6-8-10-12-14-16-18-20-22-24-26-28-30-32-34-36-38-40-42-44-51(56)62-49(48-61-53(52(57)58)59-46-45-54(3,4)5)47-60-50(55)43-41-39-37-35-33-31-29-27-25-23-21-19-17-15-13-11-9-7-2/h20,22,49,53H,6-19,21,23-48H2,1-5H3/p+1/b22-20-. The van der Waals surface area contributed by atoms with Gasteiger partial charge in [-0.15, -0.1) is 0 Å². The maximum Gasteiger partial charge on any atom is 0.361 e. The molecule has 0 rings (SSSR count). The Morgan fingerprint density at radius 3 is 1.19 bits per heavy atom. The summed E-state index contributed by atoms with van der Waals surface area (Å²) in [5.74, 6) is -1.99. The van der Waals surface area contributed by atoms with Crippen LogP contribution in [0.1, 0.15) is 251 Å². The molecule has 0 heterocycles. The lowest BCUT2D eigenvalue weighted by atomic mass is 10.0. The van der Waals surface area contributed by atoms with Gasteiger partial charge in [-0.1, -0.05) is 212 Å². The number of rotatable bonds is 49. The van der Waals surface area contributed by atoms with Gasteiger partial charge in [-0.05, 0) is 38.5 Å². The quantitative estimate of drug-likeness (QED) is 0.0212. The largest absolute Gasteiger partial charge is 0.477 e. The highest BCUT2D eigenvalue weighted by Gasteiger charge is 2.25. The summed E-state index contributed by atoms with van der Waals surface area (Å²) in [5.41, 5.74) is 0. The fraction of sp³-hybridized carbons (Fsp3) is 0.906. The molecule has 0 aliphatic rings. The van der Waals surface area contributed by atoms with Gasteiger partial charge in [0.05, 0.1) is 34.4 Å². The van der Waals surface area contributed by atoms with Crippen LogP contribution in [0.4, 0.5) is 0 Å². The maximum atomic E-state index is 12.8. The van der Waals surface area contributed by atoms with Crippen LogP contribution in [0.2, 0.25) is 0 Å². The lowest BCUT2D eigenvalue weighted by Crippen LogP contribution is -2.40. The van der Waals surface area contributed by atoms with Gasteiger partial charge in [0.1, 0.15) is 13.2 Å². The van der Waals surface area contributed by atoms with E-state index >= 15 is 0 Å². The number of carboxylic acids is 1. The van der Waals surface area contributed by atoms with E-state index in [1.165, 1.54) is 186 Å². The average molecular weight is 881 g/mol. The molecule has 0 aliphatic carbocycles. The van der Waals surface area contributed by atoms with E-state index in [1.54, 1.807) is 0 Å². The van der Waals surface area contributed by atoms with Gasteiger partial charge >= 0.3 is 17.9 Å². The summed E-state index contributed by atoms with van der Waals surface area (Å²) in [6, 6.07) is 0. The minimum Gasteiger partial charge on any atom is -0.477 e. The molecule has 0 aromatic rings. The predicted molar refractivity (Wildman–Crippen MR) is 258 cm³/mol. The van der Waals surface area contributed by atoms with Crippen LogP contribution in [0.3, 0.4) is 0 Å². The Morgan fingerprint density at radius 2 is 0.823 bits per heavy atom. The molecular weight excluding hydrogens is 779 g/mol. The van der Waals surface area contributed by atoms with E-state index in [4.69, 9.17) is 18.9 Å². The van der Waals surface area contributed by atoms with Crippen LogP contribution >= 0.6 is 0 Å². The Bertz CT molecular complexity index is 1030. The molecule has 0 aromatic carbocycles. The second-order valence-corrected chi connectivity index (χ2v) is 19.2. The first-order valence-electron chi connectivity index (χ1n) is 26.4. The second-order valence-electron chi connectivity index (χ2n) is 19.2. The number of nitrogens with zero attached hydrogens (tertiary/aromatic N) is 1. The highest BCUT2D eigenvalue weighted by atomic mass is 16.7. The number of likely N-dealkylation sites (N-methyl/N-ethyl adjacent to an activating group) is 1. The lowest BCUT2D eigenvalue weighted by molar-refractivity contribution is -0.870. The molecule has 0 bridgehead atoms. The molecule has 0 saturated carbocycles. The number of carbonyl (C=O) groups excluding carboxylic acids is 2. The van der Waals surface area contributed by atoms with Crippen LogP contribution in [0.15, 0.2) is 12.2 Å². The van der Waals surface area contributed by atoms with Crippen LogP contribution in [-0.2, 0) is 33.3 Å². The third kappa shape index (κ3) is 46.0. The van der Waals surface area contributed by atoms with Gasteiger partial charge in [0, 0.05) is 12.8 Å². The van der Waals surface area contributed by atoms with Gasteiger partial charge in [0.2, 0.25) is 0 Å². The maximum absolute atomic E-state index is 12.8. The summed E-state index contributed by atoms with van der Waals surface area (Å²) in [7, 11) is 5.97. The molecule has 0 aromatic heterocycles. The van der Waals surface area contributed by atoms with Gasteiger partial charge < -0.3 is 28.5 Å². The molecule has 0 aliphatic heterocycles. The summed E-state index contributed by atoms with van der Waals surface area (Å²) in [4.78, 5) is 37.3. The third-order valence-corrected chi connectivity index (χ3v) is 11.8. The number of esters is 2. The zero-order valence-electron chi connectivity index (χ0n) is 41.6. The van der Waals surface area contributed by atoms with E-state index < -0.39 is 24.3 Å². The zero-order valence-corrected chi connectivity index (χ0v) is 41.6. The number of unbranched alkanes of at least 4 members (excludes halogenated alkanes) is 32. The summed E-state index contributed by atoms with van der Waals surface area (Å²) in [6.45, 7) is 4.91. The van der Waals surface area contributed by atoms with E-state index in [1.807, 2.05) is 21.1 Å². The van der Waals surface area contributed by atoms with Crippen LogP contribution in [-0.4, -0.2) is 87.4 Å².